The highest BCUT2D eigenvalue weighted by Gasteiger charge is 2.22. The number of benzene rings is 2. The number of hydrogen-bond acceptors (Lipinski definition) is 2. The molecule has 0 aromatic heterocycles. The lowest BCUT2D eigenvalue weighted by molar-refractivity contribution is -0.147. The van der Waals surface area contributed by atoms with Crippen molar-refractivity contribution in [2.75, 3.05) is 12.8 Å². The van der Waals surface area contributed by atoms with Crippen LogP contribution in [0.1, 0.15) is 46.0 Å². The van der Waals surface area contributed by atoms with Gasteiger partial charge in [-0.05, 0) is 31.1 Å². The highest BCUT2D eigenvalue weighted by molar-refractivity contribution is 7.73. The number of unbranched alkanes of at least 4 members (excludes halogenated alkanes) is 4. The number of hydrogen-bond donors (Lipinski definition) is 0. The second kappa shape index (κ2) is 11.9. The van der Waals surface area contributed by atoms with Gasteiger partial charge in [0.1, 0.15) is 0 Å². The van der Waals surface area contributed by atoms with E-state index in [0.29, 0.717) is 6.61 Å². The van der Waals surface area contributed by atoms with Crippen molar-refractivity contribution in [2.45, 2.75) is 46.0 Å². The zero-order chi connectivity index (χ0) is 18.6. The third-order valence-corrected chi connectivity index (χ3v) is 7.24. The molecule has 2 aromatic rings. The minimum Gasteiger partial charge on any atom is -0.465 e. The van der Waals surface area contributed by atoms with E-state index in [1.807, 2.05) is 19.1 Å². The van der Waals surface area contributed by atoms with E-state index in [9.17, 15) is 4.79 Å². The Morgan fingerprint density at radius 2 is 1.42 bits per heavy atom. The maximum absolute atomic E-state index is 12.4. The molecule has 0 saturated carbocycles. The first-order valence-electron chi connectivity index (χ1n) is 9.76. The zero-order valence-corrected chi connectivity index (χ0v) is 17.0. The van der Waals surface area contributed by atoms with Crippen molar-refractivity contribution in [1.82, 2.24) is 0 Å². The summed E-state index contributed by atoms with van der Waals surface area (Å²) in [5.41, 5.74) is 0. The van der Waals surface area contributed by atoms with Crippen molar-refractivity contribution in [1.29, 1.82) is 0 Å². The van der Waals surface area contributed by atoms with Crippen LogP contribution in [0.15, 0.2) is 60.7 Å². The van der Waals surface area contributed by atoms with Crippen LogP contribution in [0.3, 0.4) is 0 Å². The second-order valence-corrected chi connectivity index (χ2v) is 9.02. The Morgan fingerprint density at radius 1 is 0.885 bits per heavy atom. The molecule has 0 radical (unpaired) electrons. The molecular formula is C23H31O2P. The molecule has 0 aliphatic carbocycles. The van der Waals surface area contributed by atoms with Crippen LogP contribution in [0, 0.1) is 5.92 Å². The van der Waals surface area contributed by atoms with Gasteiger partial charge in [0.15, 0.2) is 0 Å². The summed E-state index contributed by atoms with van der Waals surface area (Å²) in [5, 5.41) is 2.63. The number of esters is 1. The summed E-state index contributed by atoms with van der Waals surface area (Å²) in [7, 11) is -0.550. The Balaban J connectivity index is 1.92. The SMILES string of the molecule is CCCCCCCOC(=O)C(C)CP(c1ccccc1)c1ccccc1. The van der Waals surface area contributed by atoms with Crippen LogP contribution in [0.4, 0.5) is 0 Å². The van der Waals surface area contributed by atoms with Gasteiger partial charge in [-0.1, -0.05) is 100 Å². The van der Waals surface area contributed by atoms with Crippen molar-refractivity contribution >= 4 is 24.5 Å². The molecule has 2 nitrogen and oxygen atoms in total. The van der Waals surface area contributed by atoms with Crippen molar-refractivity contribution in [3.63, 3.8) is 0 Å². The van der Waals surface area contributed by atoms with Gasteiger partial charge in [0.25, 0.3) is 0 Å². The number of rotatable bonds is 11. The standard InChI is InChI=1S/C23H31O2P/c1-3-4-5-6-13-18-25-23(24)20(2)19-26(21-14-9-7-10-15-21)22-16-11-8-12-17-22/h7-12,14-17,20H,3-6,13,18-19H2,1-2H3. The molecule has 0 aliphatic heterocycles. The molecule has 0 aliphatic rings. The minimum atomic E-state index is -0.550. The van der Waals surface area contributed by atoms with Gasteiger partial charge in [-0.2, -0.15) is 0 Å². The Kier molecular flexibility index (Phi) is 9.42. The third kappa shape index (κ3) is 6.92. The lowest BCUT2D eigenvalue weighted by Gasteiger charge is -2.22. The van der Waals surface area contributed by atoms with Crippen LogP contribution in [0.2, 0.25) is 0 Å². The maximum Gasteiger partial charge on any atom is 0.309 e. The molecule has 0 saturated heterocycles. The van der Waals surface area contributed by atoms with Crippen LogP contribution >= 0.6 is 7.92 Å². The fraction of sp³-hybridized carbons (Fsp3) is 0.435. The van der Waals surface area contributed by atoms with Crippen molar-refractivity contribution in [2.24, 2.45) is 5.92 Å². The van der Waals surface area contributed by atoms with Gasteiger partial charge >= 0.3 is 5.97 Å². The lowest BCUT2D eigenvalue weighted by Crippen LogP contribution is -2.23. The average Bonchev–Trinajstić information content (AvgIpc) is 2.69. The molecule has 1 atom stereocenters. The summed E-state index contributed by atoms with van der Waals surface area (Å²) in [6.45, 7) is 4.77. The van der Waals surface area contributed by atoms with E-state index in [1.54, 1.807) is 0 Å². The molecule has 1 unspecified atom stereocenters. The number of carbonyl (C=O) groups is 1. The van der Waals surface area contributed by atoms with E-state index >= 15 is 0 Å². The Morgan fingerprint density at radius 3 is 1.96 bits per heavy atom. The van der Waals surface area contributed by atoms with Crippen molar-refractivity contribution in [3.05, 3.63) is 60.7 Å². The van der Waals surface area contributed by atoms with E-state index in [2.05, 4.69) is 55.5 Å². The van der Waals surface area contributed by atoms with Gasteiger partial charge in [-0.3, -0.25) is 4.79 Å². The topological polar surface area (TPSA) is 26.3 Å². The van der Waals surface area contributed by atoms with Gasteiger partial charge in [-0.15, -0.1) is 0 Å². The van der Waals surface area contributed by atoms with Crippen molar-refractivity contribution < 1.29 is 9.53 Å². The molecule has 26 heavy (non-hydrogen) atoms. The average molecular weight is 370 g/mol. The first-order valence-corrected chi connectivity index (χ1v) is 11.3. The molecule has 3 heteroatoms. The highest BCUT2D eigenvalue weighted by Crippen LogP contribution is 2.36. The molecule has 0 spiro atoms. The summed E-state index contributed by atoms with van der Waals surface area (Å²) in [6, 6.07) is 21.1. The van der Waals surface area contributed by atoms with Gasteiger partial charge in [-0.25, -0.2) is 0 Å². The molecule has 0 fully saturated rings. The van der Waals surface area contributed by atoms with E-state index in [4.69, 9.17) is 4.74 Å². The molecule has 2 rings (SSSR count). The van der Waals surface area contributed by atoms with Crippen LogP contribution < -0.4 is 10.6 Å². The number of ether oxygens (including phenoxy) is 1. The first kappa shape index (κ1) is 20.6. The molecule has 0 bridgehead atoms. The fourth-order valence-electron chi connectivity index (χ4n) is 2.94. The molecule has 140 valence electrons. The summed E-state index contributed by atoms with van der Waals surface area (Å²) >= 11 is 0. The zero-order valence-electron chi connectivity index (χ0n) is 16.1. The van der Waals surface area contributed by atoms with E-state index in [-0.39, 0.29) is 11.9 Å². The molecule has 0 N–H and O–H groups in total. The van der Waals surface area contributed by atoms with E-state index in [1.165, 1.54) is 29.9 Å². The molecule has 0 amide bonds. The largest absolute Gasteiger partial charge is 0.465 e. The second-order valence-electron chi connectivity index (χ2n) is 6.76. The quantitative estimate of drug-likeness (QED) is 0.306. The van der Waals surface area contributed by atoms with Crippen LogP contribution in [0.5, 0.6) is 0 Å². The third-order valence-electron chi connectivity index (χ3n) is 4.49. The van der Waals surface area contributed by atoms with E-state index in [0.717, 1.165) is 19.0 Å². The monoisotopic (exact) mass is 370 g/mol. The highest BCUT2D eigenvalue weighted by atomic mass is 31.1. The summed E-state index contributed by atoms with van der Waals surface area (Å²) < 4.78 is 5.53. The van der Waals surface area contributed by atoms with E-state index < -0.39 is 7.92 Å². The predicted molar refractivity (Wildman–Crippen MR) is 113 cm³/mol. The van der Waals surface area contributed by atoms with Crippen molar-refractivity contribution in [3.8, 4) is 0 Å². The Bertz CT molecular complexity index is 588. The van der Waals surface area contributed by atoms with Gasteiger partial charge in [0.2, 0.25) is 0 Å². The Hall–Kier alpha value is -1.66. The minimum absolute atomic E-state index is 0.0557. The first-order chi connectivity index (χ1) is 12.7. The van der Waals surface area contributed by atoms with Crippen LogP contribution in [0.25, 0.3) is 0 Å². The lowest BCUT2D eigenvalue weighted by atomic mass is 10.2. The maximum atomic E-state index is 12.4. The fourth-order valence-corrected chi connectivity index (χ4v) is 5.43. The molecular weight excluding hydrogens is 339 g/mol. The summed E-state index contributed by atoms with van der Waals surface area (Å²) in [5.74, 6) is -0.142. The van der Waals surface area contributed by atoms with Gasteiger partial charge < -0.3 is 4.74 Å². The van der Waals surface area contributed by atoms with Gasteiger partial charge in [0, 0.05) is 0 Å². The smallest absolute Gasteiger partial charge is 0.309 e. The molecule has 2 aromatic carbocycles. The normalized spacial score (nSPS) is 12.1. The van der Waals surface area contributed by atoms with Crippen LogP contribution in [-0.4, -0.2) is 18.7 Å². The van der Waals surface area contributed by atoms with Gasteiger partial charge in [0.05, 0.1) is 12.5 Å². The Labute approximate surface area is 159 Å². The predicted octanol–water partition coefficient (Wildman–Crippen LogP) is 5.27. The number of carbonyl (C=O) groups excluding carboxylic acids is 1. The summed E-state index contributed by atoms with van der Waals surface area (Å²) in [6.07, 6.45) is 6.69. The molecule has 0 heterocycles. The summed E-state index contributed by atoms with van der Waals surface area (Å²) in [4.78, 5) is 12.4. The van der Waals surface area contributed by atoms with Crippen LogP contribution in [-0.2, 0) is 9.53 Å².